The quantitative estimate of drug-likeness (QED) is 0.806. The predicted molar refractivity (Wildman–Crippen MR) is 70.3 cm³/mol. The summed E-state index contributed by atoms with van der Waals surface area (Å²) in [6.45, 7) is 3.46. The molecule has 2 N–H and O–H groups in total. The van der Waals surface area contributed by atoms with Crippen LogP contribution in [0, 0.1) is 0 Å². The third-order valence-electron chi connectivity index (χ3n) is 3.50. The highest BCUT2D eigenvalue weighted by Gasteiger charge is 2.26. The maximum atomic E-state index is 12.5. The van der Waals surface area contributed by atoms with Gasteiger partial charge in [0, 0.05) is 38.4 Å². The van der Waals surface area contributed by atoms with Crippen LogP contribution in [0.4, 0.5) is 5.69 Å². The standard InChI is InChI=1S/C12H17N3O2S/c16-18(17,15-7-5-13-6-8-15)11-1-2-12-10(9-11)3-4-14-12/h1-2,9,13-14H,3-8H2. The van der Waals surface area contributed by atoms with Crippen LogP contribution in [0.1, 0.15) is 5.56 Å². The van der Waals surface area contributed by atoms with E-state index in [0.29, 0.717) is 18.0 Å². The Morgan fingerprint density at radius 3 is 2.67 bits per heavy atom. The van der Waals surface area contributed by atoms with E-state index in [0.717, 1.165) is 37.3 Å². The fourth-order valence-electron chi connectivity index (χ4n) is 2.48. The fraction of sp³-hybridized carbons (Fsp3) is 0.500. The lowest BCUT2D eigenvalue weighted by atomic mass is 10.2. The van der Waals surface area contributed by atoms with E-state index >= 15 is 0 Å². The molecule has 0 amide bonds. The summed E-state index contributed by atoms with van der Waals surface area (Å²) < 4.78 is 26.5. The van der Waals surface area contributed by atoms with Crippen molar-refractivity contribution in [2.75, 3.05) is 38.0 Å². The molecule has 3 rings (SSSR count). The van der Waals surface area contributed by atoms with Gasteiger partial charge in [-0.05, 0) is 30.2 Å². The van der Waals surface area contributed by atoms with Crippen molar-refractivity contribution in [2.45, 2.75) is 11.3 Å². The molecule has 0 bridgehead atoms. The number of hydrogen-bond donors (Lipinski definition) is 2. The Morgan fingerprint density at radius 1 is 1.11 bits per heavy atom. The van der Waals surface area contributed by atoms with E-state index in [-0.39, 0.29) is 0 Å². The van der Waals surface area contributed by atoms with Gasteiger partial charge in [0.2, 0.25) is 10.0 Å². The van der Waals surface area contributed by atoms with Gasteiger partial charge in [0.1, 0.15) is 0 Å². The minimum absolute atomic E-state index is 0.423. The van der Waals surface area contributed by atoms with E-state index in [4.69, 9.17) is 0 Å². The fourth-order valence-corrected chi connectivity index (χ4v) is 3.97. The van der Waals surface area contributed by atoms with Crippen LogP contribution >= 0.6 is 0 Å². The van der Waals surface area contributed by atoms with Gasteiger partial charge in [-0.1, -0.05) is 0 Å². The van der Waals surface area contributed by atoms with Gasteiger partial charge in [0.15, 0.2) is 0 Å². The molecule has 1 saturated heterocycles. The Labute approximate surface area is 107 Å². The smallest absolute Gasteiger partial charge is 0.243 e. The largest absolute Gasteiger partial charge is 0.384 e. The average molecular weight is 267 g/mol. The molecule has 2 aliphatic heterocycles. The normalized spacial score (nSPS) is 20.4. The van der Waals surface area contributed by atoms with Gasteiger partial charge < -0.3 is 10.6 Å². The molecule has 0 atom stereocenters. The summed E-state index contributed by atoms with van der Waals surface area (Å²) in [5.74, 6) is 0. The lowest BCUT2D eigenvalue weighted by molar-refractivity contribution is 0.360. The molecule has 0 aromatic heterocycles. The number of nitrogens with zero attached hydrogens (tertiary/aromatic N) is 1. The Balaban J connectivity index is 1.93. The minimum Gasteiger partial charge on any atom is -0.384 e. The summed E-state index contributed by atoms with van der Waals surface area (Å²) >= 11 is 0. The van der Waals surface area contributed by atoms with Gasteiger partial charge in [0.25, 0.3) is 0 Å². The van der Waals surface area contributed by atoms with Crippen LogP contribution in [0.5, 0.6) is 0 Å². The van der Waals surface area contributed by atoms with Gasteiger partial charge in [-0.2, -0.15) is 4.31 Å². The maximum absolute atomic E-state index is 12.5. The first-order valence-corrected chi connectivity index (χ1v) is 7.69. The molecule has 1 aromatic carbocycles. The molecular weight excluding hydrogens is 250 g/mol. The summed E-state index contributed by atoms with van der Waals surface area (Å²) in [7, 11) is -3.32. The van der Waals surface area contributed by atoms with Crippen LogP contribution in [0.2, 0.25) is 0 Å². The highest BCUT2D eigenvalue weighted by molar-refractivity contribution is 7.89. The van der Waals surface area contributed by atoms with E-state index in [1.165, 1.54) is 0 Å². The van der Waals surface area contributed by atoms with Crippen LogP contribution < -0.4 is 10.6 Å². The summed E-state index contributed by atoms with van der Waals surface area (Å²) in [4.78, 5) is 0.423. The molecule has 5 nitrogen and oxygen atoms in total. The third kappa shape index (κ3) is 2.00. The van der Waals surface area contributed by atoms with Crippen LogP contribution in [-0.2, 0) is 16.4 Å². The number of rotatable bonds is 2. The van der Waals surface area contributed by atoms with Crippen molar-refractivity contribution in [1.29, 1.82) is 0 Å². The van der Waals surface area contributed by atoms with E-state index in [9.17, 15) is 8.42 Å². The molecule has 2 heterocycles. The number of piperazine rings is 1. The van der Waals surface area contributed by atoms with Crippen molar-refractivity contribution < 1.29 is 8.42 Å². The molecule has 18 heavy (non-hydrogen) atoms. The zero-order valence-corrected chi connectivity index (χ0v) is 11.0. The van der Waals surface area contributed by atoms with Crippen molar-refractivity contribution in [2.24, 2.45) is 0 Å². The average Bonchev–Trinajstić information content (AvgIpc) is 2.87. The molecule has 98 valence electrons. The van der Waals surface area contributed by atoms with Crippen molar-refractivity contribution in [3.63, 3.8) is 0 Å². The van der Waals surface area contributed by atoms with Gasteiger partial charge in [-0.15, -0.1) is 0 Å². The molecule has 1 fully saturated rings. The zero-order chi connectivity index (χ0) is 12.6. The van der Waals surface area contributed by atoms with Crippen molar-refractivity contribution in [1.82, 2.24) is 9.62 Å². The topological polar surface area (TPSA) is 61.4 Å². The summed E-state index contributed by atoms with van der Waals surface area (Å²) in [6.07, 6.45) is 0.903. The van der Waals surface area contributed by atoms with Gasteiger partial charge in [0.05, 0.1) is 4.90 Å². The van der Waals surface area contributed by atoms with Crippen molar-refractivity contribution in [3.05, 3.63) is 23.8 Å². The first-order valence-electron chi connectivity index (χ1n) is 6.25. The van der Waals surface area contributed by atoms with Crippen LogP contribution in [0.15, 0.2) is 23.1 Å². The second kappa shape index (κ2) is 4.53. The molecule has 0 aliphatic carbocycles. The van der Waals surface area contributed by atoms with E-state index in [1.807, 2.05) is 12.1 Å². The summed E-state index contributed by atoms with van der Waals surface area (Å²) in [5, 5.41) is 6.40. The second-order valence-electron chi connectivity index (χ2n) is 4.65. The van der Waals surface area contributed by atoms with Crippen LogP contribution in [0.25, 0.3) is 0 Å². The highest BCUT2D eigenvalue weighted by Crippen LogP contribution is 2.26. The Hall–Kier alpha value is -1.11. The number of sulfonamides is 1. The monoisotopic (exact) mass is 267 g/mol. The molecular formula is C12H17N3O2S. The number of nitrogens with one attached hydrogen (secondary N) is 2. The van der Waals surface area contributed by atoms with Crippen molar-refractivity contribution >= 4 is 15.7 Å². The summed E-state index contributed by atoms with van der Waals surface area (Å²) in [5.41, 5.74) is 2.17. The zero-order valence-electron chi connectivity index (χ0n) is 10.1. The van der Waals surface area contributed by atoms with Gasteiger partial charge in [-0.25, -0.2) is 8.42 Å². The molecule has 0 saturated carbocycles. The molecule has 0 spiro atoms. The van der Waals surface area contributed by atoms with E-state index in [2.05, 4.69) is 10.6 Å². The molecule has 0 radical (unpaired) electrons. The van der Waals surface area contributed by atoms with Crippen molar-refractivity contribution in [3.8, 4) is 0 Å². The number of hydrogen-bond acceptors (Lipinski definition) is 4. The first-order chi connectivity index (χ1) is 8.68. The highest BCUT2D eigenvalue weighted by atomic mass is 32.2. The minimum atomic E-state index is -3.32. The lowest BCUT2D eigenvalue weighted by Crippen LogP contribution is -2.46. The predicted octanol–water partition coefficient (Wildman–Crippen LogP) is 0.249. The summed E-state index contributed by atoms with van der Waals surface area (Å²) in [6, 6.07) is 5.39. The number of benzene rings is 1. The van der Waals surface area contributed by atoms with Crippen LogP contribution in [0.3, 0.4) is 0 Å². The van der Waals surface area contributed by atoms with Gasteiger partial charge in [-0.3, -0.25) is 0 Å². The SMILES string of the molecule is O=S(=O)(c1ccc2c(c1)CCN2)N1CCNCC1. The Kier molecular flexibility index (Phi) is 3.01. The molecule has 1 aromatic rings. The first kappa shape index (κ1) is 12.0. The van der Waals surface area contributed by atoms with Gasteiger partial charge >= 0.3 is 0 Å². The number of fused-ring (bicyclic) bond motifs is 1. The maximum Gasteiger partial charge on any atom is 0.243 e. The Morgan fingerprint density at radius 2 is 1.89 bits per heavy atom. The number of anilines is 1. The molecule has 6 heteroatoms. The van der Waals surface area contributed by atoms with E-state index < -0.39 is 10.0 Å². The second-order valence-corrected chi connectivity index (χ2v) is 6.59. The van der Waals surface area contributed by atoms with Crippen LogP contribution in [-0.4, -0.2) is 45.4 Å². The third-order valence-corrected chi connectivity index (χ3v) is 5.39. The Bertz CT molecular complexity index is 550. The lowest BCUT2D eigenvalue weighted by Gasteiger charge is -2.26. The van der Waals surface area contributed by atoms with E-state index in [1.54, 1.807) is 10.4 Å². The molecule has 0 unspecified atom stereocenters. The molecule has 2 aliphatic rings.